The van der Waals surface area contributed by atoms with E-state index >= 15 is 0 Å². The Morgan fingerprint density at radius 1 is 0.474 bits per heavy atom. The van der Waals surface area contributed by atoms with Crippen LogP contribution in [0.1, 0.15) is 156 Å². The molecule has 57 heavy (non-hydrogen) atoms. The number of hydrogen-bond donors (Lipinski definition) is 1. The van der Waals surface area contributed by atoms with Crippen molar-refractivity contribution in [2.75, 3.05) is 107 Å². The Bertz CT molecular complexity index is 1710. The monoisotopic (exact) mass is 775 g/mol. The van der Waals surface area contributed by atoms with Crippen LogP contribution < -0.4 is 20.0 Å². The summed E-state index contributed by atoms with van der Waals surface area (Å²) >= 11 is 0. The summed E-state index contributed by atoms with van der Waals surface area (Å²) in [6.45, 7) is 31.4. The van der Waals surface area contributed by atoms with Crippen LogP contribution >= 0.6 is 0 Å². The molecule has 6 nitrogen and oxygen atoms in total. The van der Waals surface area contributed by atoms with Crippen LogP contribution in [0.15, 0.2) is 54.6 Å². The Balaban J connectivity index is 0.000000131. The van der Waals surface area contributed by atoms with Crippen molar-refractivity contribution in [1.29, 1.82) is 0 Å². The number of piperazine rings is 3. The molecule has 0 unspecified atom stereocenters. The second-order valence-electron chi connectivity index (χ2n) is 19.2. The molecular weight excluding hydrogens is 697 g/mol. The molecule has 0 amide bonds. The van der Waals surface area contributed by atoms with Crippen LogP contribution in [0.25, 0.3) is 0 Å². The smallest absolute Gasteiger partial charge is 0.0370 e. The van der Waals surface area contributed by atoms with Crippen molar-refractivity contribution in [3.8, 4) is 0 Å². The van der Waals surface area contributed by atoms with Crippen LogP contribution in [0.4, 0.5) is 17.1 Å². The van der Waals surface area contributed by atoms with Crippen molar-refractivity contribution in [3.05, 3.63) is 88.0 Å². The summed E-state index contributed by atoms with van der Waals surface area (Å²) in [6, 6.07) is 21.6. The van der Waals surface area contributed by atoms with Gasteiger partial charge in [0.25, 0.3) is 0 Å². The zero-order valence-electron chi connectivity index (χ0n) is 37.3. The molecule has 3 heterocycles. The summed E-state index contributed by atoms with van der Waals surface area (Å²) in [4.78, 5) is 12.6. The van der Waals surface area contributed by atoms with Gasteiger partial charge in [0, 0.05) is 95.6 Å². The molecule has 0 bridgehead atoms. The molecule has 1 N–H and O–H groups in total. The first-order chi connectivity index (χ1) is 27.6. The molecule has 3 aromatic carbocycles. The summed E-state index contributed by atoms with van der Waals surface area (Å²) in [6.07, 6.45) is 8.37. The van der Waals surface area contributed by atoms with Gasteiger partial charge in [-0.15, -0.1) is 0 Å². The zero-order chi connectivity index (χ0) is 40.1. The van der Waals surface area contributed by atoms with Crippen molar-refractivity contribution in [1.82, 2.24) is 15.1 Å². The van der Waals surface area contributed by atoms with Gasteiger partial charge >= 0.3 is 0 Å². The lowest BCUT2D eigenvalue weighted by atomic mass is 9.93. The first-order valence-corrected chi connectivity index (χ1v) is 23.4. The van der Waals surface area contributed by atoms with Crippen molar-refractivity contribution < 1.29 is 0 Å². The standard InChI is InChI=1S/C18H28N2.C17H26N2.C16H24N2/c1-4-19-9-11-20(12-10-19)16-7-8-17(14(2)3)18(13-16)15-5-6-15;1-13(2)16-7-6-15(12-17(16)14-4-5-14)19-10-8-18(3)9-11-19;1-12(2)15-6-5-14(11-16(15)13-3-4-13)18-9-7-17-8-10-18/h7-8,13-15H,4-6,9-12H2,1-3H3;6-7,12-14H,4-5,8-11H2,1-3H3;5-6,11-13,17H,3-4,7-10H2,1-2H3. The molecule has 3 saturated heterocycles. The fraction of sp³-hybridized carbons (Fsp3) is 0.647. The van der Waals surface area contributed by atoms with Crippen LogP contribution in [0.5, 0.6) is 0 Å². The number of nitrogens with one attached hydrogen (secondary N) is 1. The zero-order valence-corrected chi connectivity index (χ0v) is 37.3. The molecule has 0 aromatic heterocycles. The summed E-state index contributed by atoms with van der Waals surface area (Å²) in [5.74, 6) is 4.51. The third-order valence-corrected chi connectivity index (χ3v) is 13.7. The molecule has 3 aliphatic heterocycles. The maximum atomic E-state index is 3.42. The average molecular weight is 775 g/mol. The molecule has 6 fully saturated rings. The molecule has 6 aliphatic rings. The molecule has 6 heteroatoms. The maximum absolute atomic E-state index is 3.42. The van der Waals surface area contributed by atoms with Gasteiger partial charge in [-0.05, 0) is 157 Å². The maximum Gasteiger partial charge on any atom is 0.0370 e. The van der Waals surface area contributed by atoms with Gasteiger partial charge in [0.2, 0.25) is 0 Å². The van der Waals surface area contributed by atoms with E-state index < -0.39 is 0 Å². The lowest BCUT2D eigenvalue weighted by Crippen LogP contribution is -2.46. The highest BCUT2D eigenvalue weighted by Gasteiger charge is 2.30. The van der Waals surface area contributed by atoms with Crippen molar-refractivity contribution in [3.63, 3.8) is 0 Å². The van der Waals surface area contributed by atoms with E-state index in [0.29, 0.717) is 17.8 Å². The van der Waals surface area contributed by atoms with E-state index in [1.807, 2.05) is 0 Å². The second-order valence-corrected chi connectivity index (χ2v) is 19.2. The largest absolute Gasteiger partial charge is 0.369 e. The molecular formula is C51H78N6. The van der Waals surface area contributed by atoms with Gasteiger partial charge in [0.15, 0.2) is 0 Å². The number of nitrogens with zero attached hydrogens (tertiary/aromatic N) is 5. The Morgan fingerprint density at radius 3 is 1.12 bits per heavy atom. The van der Waals surface area contributed by atoms with Gasteiger partial charge in [-0.3, -0.25) is 0 Å². The van der Waals surface area contributed by atoms with Crippen molar-refractivity contribution in [2.24, 2.45) is 0 Å². The second kappa shape index (κ2) is 19.3. The number of benzene rings is 3. The predicted molar refractivity (Wildman–Crippen MR) is 247 cm³/mol. The third-order valence-electron chi connectivity index (χ3n) is 13.7. The van der Waals surface area contributed by atoms with E-state index in [2.05, 4.69) is 140 Å². The van der Waals surface area contributed by atoms with E-state index in [0.717, 1.165) is 43.9 Å². The average Bonchev–Trinajstić information content (AvgIpc) is 4.07. The lowest BCUT2D eigenvalue weighted by Gasteiger charge is -2.36. The Morgan fingerprint density at radius 2 is 0.807 bits per heavy atom. The fourth-order valence-corrected chi connectivity index (χ4v) is 9.41. The predicted octanol–water partition coefficient (Wildman–Crippen LogP) is 10.4. The lowest BCUT2D eigenvalue weighted by molar-refractivity contribution is 0.271. The minimum Gasteiger partial charge on any atom is -0.369 e. The first-order valence-electron chi connectivity index (χ1n) is 23.4. The van der Waals surface area contributed by atoms with Gasteiger partial charge in [-0.25, -0.2) is 0 Å². The van der Waals surface area contributed by atoms with Crippen molar-refractivity contribution in [2.45, 2.75) is 122 Å². The van der Waals surface area contributed by atoms with Crippen LogP contribution in [0, 0.1) is 0 Å². The Hall–Kier alpha value is -3.06. The Kier molecular flexibility index (Phi) is 14.3. The summed E-state index contributed by atoms with van der Waals surface area (Å²) in [5.41, 5.74) is 13.9. The first kappa shape index (κ1) is 42.1. The molecule has 0 atom stereocenters. The molecule has 3 aliphatic carbocycles. The number of likely N-dealkylation sites (N-methyl/N-ethyl adjacent to an activating group) is 2. The molecule has 0 spiro atoms. The van der Waals surface area contributed by atoms with Gasteiger partial charge in [-0.1, -0.05) is 66.7 Å². The van der Waals surface area contributed by atoms with E-state index in [9.17, 15) is 0 Å². The molecule has 9 rings (SSSR count). The molecule has 3 aromatic rings. The highest BCUT2D eigenvalue weighted by atomic mass is 15.3. The third kappa shape index (κ3) is 11.2. The molecule has 312 valence electrons. The topological polar surface area (TPSA) is 28.2 Å². The van der Waals surface area contributed by atoms with Gasteiger partial charge in [0.05, 0.1) is 0 Å². The van der Waals surface area contributed by atoms with Crippen LogP contribution in [-0.4, -0.2) is 102 Å². The summed E-state index contributed by atoms with van der Waals surface area (Å²) in [7, 11) is 2.22. The van der Waals surface area contributed by atoms with Crippen LogP contribution in [-0.2, 0) is 0 Å². The van der Waals surface area contributed by atoms with E-state index in [-0.39, 0.29) is 0 Å². The Labute approximate surface area is 348 Å². The quantitative estimate of drug-likeness (QED) is 0.221. The highest BCUT2D eigenvalue weighted by Crippen LogP contribution is 2.46. The minimum atomic E-state index is 0.650. The van der Waals surface area contributed by atoms with Crippen LogP contribution in [0.2, 0.25) is 0 Å². The minimum absolute atomic E-state index is 0.650. The normalized spacial score (nSPS) is 20.8. The van der Waals surface area contributed by atoms with Gasteiger partial charge in [-0.2, -0.15) is 0 Å². The van der Waals surface area contributed by atoms with Gasteiger partial charge in [0.1, 0.15) is 0 Å². The molecule has 3 saturated carbocycles. The molecule has 0 radical (unpaired) electrons. The highest BCUT2D eigenvalue weighted by molar-refractivity contribution is 5.56. The fourth-order valence-electron chi connectivity index (χ4n) is 9.41. The number of anilines is 3. The SMILES string of the molecule is CC(C)c1ccc(N2CCN(C)CC2)cc1C1CC1.CC(C)c1ccc(N2CCNCC2)cc1C1CC1.CCN1CCN(c2ccc(C(C)C)c(C3CC3)c2)CC1. The van der Waals surface area contributed by atoms with E-state index in [4.69, 9.17) is 0 Å². The summed E-state index contributed by atoms with van der Waals surface area (Å²) in [5, 5.41) is 3.42. The van der Waals surface area contributed by atoms with E-state index in [1.165, 1.54) is 114 Å². The van der Waals surface area contributed by atoms with E-state index in [1.54, 1.807) is 33.4 Å². The summed E-state index contributed by atoms with van der Waals surface area (Å²) < 4.78 is 0. The van der Waals surface area contributed by atoms with Crippen molar-refractivity contribution >= 4 is 17.1 Å². The van der Waals surface area contributed by atoms with Gasteiger partial charge < -0.3 is 29.8 Å². The number of rotatable bonds is 10. The number of hydrogen-bond acceptors (Lipinski definition) is 6. The van der Waals surface area contributed by atoms with Crippen LogP contribution in [0.3, 0.4) is 0 Å².